The van der Waals surface area contributed by atoms with E-state index >= 15 is 0 Å². The molecule has 0 spiro atoms. The van der Waals surface area contributed by atoms with Crippen LogP contribution in [-0.4, -0.2) is 78.4 Å². The van der Waals surface area contributed by atoms with Crippen molar-refractivity contribution < 1.29 is 38.3 Å². The van der Waals surface area contributed by atoms with E-state index in [0.29, 0.717) is 17.2 Å². The average molecular weight is 807 g/mol. The zero-order valence-corrected chi connectivity index (χ0v) is 32.3. The summed E-state index contributed by atoms with van der Waals surface area (Å²) in [7, 11) is 4.75. The van der Waals surface area contributed by atoms with E-state index in [9.17, 15) is 19.5 Å². The average Bonchev–Trinajstić information content (AvgIpc) is 3.53. The lowest BCUT2D eigenvalue weighted by Crippen LogP contribution is -2.41. The second-order valence-corrected chi connectivity index (χ2v) is 13.9. The normalized spacial score (nSPS) is 18.2. The third kappa shape index (κ3) is 8.85. The molecule has 15 heteroatoms. The summed E-state index contributed by atoms with van der Waals surface area (Å²) in [5.41, 5.74) is 1.13. The molecule has 0 radical (unpaired) electrons. The molecular weight excluding hydrogens is 765 g/mol. The van der Waals surface area contributed by atoms with Crippen molar-refractivity contribution in [2.75, 3.05) is 39.6 Å². The highest BCUT2D eigenvalue weighted by atomic mass is 35.5. The van der Waals surface area contributed by atoms with Crippen LogP contribution in [0.15, 0.2) is 125 Å². The van der Waals surface area contributed by atoms with E-state index in [2.05, 4.69) is 4.98 Å². The number of carbonyl (C=O) groups is 1. The molecule has 1 fully saturated rings. The molecular formula is C41H41Cl2N3O10. The van der Waals surface area contributed by atoms with Crippen LogP contribution in [0.1, 0.15) is 28.5 Å². The molecule has 1 amide bonds. The van der Waals surface area contributed by atoms with Gasteiger partial charge in [-0.25, -0.2) is 4.79 Å². The molecule has 6 rings (SSSR count). The minimum Gasteiger partial charge on any atom is -0.497 e. The van der Waals surface area contributed by atoms with Crippen LogP contribution < -0.4 is 25.6 Å². The lowest BCUT2D eigenvalue weighted by atomic mass is 9.80. The van der Waals surface area contributed by atoms with Gasteiger partial charge < -0.3 is 38.4 Å². The number of halogens is 2. The number of rotatable bonds is 16. The number of hydrogen-bond acceptors (Lipinski definition) is 10. The highest BCUT2D eigenvalue weighted by Crippen LogP contribution is 2.43. The zero-order valence-electron chi connectivity index (χ0n) is 30.7. The third-order valence-electron chi connectivity index (χ3n) is 9.53. The van der Waals surface area contributed by atoms with Crippen LogP contribution >= 0.6 is 23.2 Å². The van der Waals surface area contributed by atoms with Gasteiger partial charge in [0.05, 0.1) is 27.4 Å². The highest BCUT2D eigenvalue weighted by Gasteiger charge is 2.48. The Bertz CT molecular complexity index is 2120. The Morgan fingerprint density at radius 1 is 0.875 bits per heavy atom. The smallest absolute Gasteiger partial charge is 0.330 e. The molecule has 5 aromatic rings. The van der Waals surface area contributed by atoms with Crippen LogP contribution in [0.25, 0.3) is 0 Å². The first kappa shape index (κ1) is 40.7. The summed E-state index contributed by atoms with van der Waals surface area (Å²) in [5.74, 6) is 0.851. The predicted molar refractivity (Wildman–Crippen MR) is 209 cm³/mol. The van der Waals surface area contributed by atoms with E-state index in [1.54, 1.807) is 45.5 Å². The highest BCUT2D eigenvalue weighted by molar-refractivity contribution is 6.54. The number of alkyl halides is 2. The van der Waals surface area contributed by atoms with Crippen molar-refractivity contribution in [3.05, 3.63) is 158 Å². The first-order valence-electron chi connectivity index (χ1n) is 17.5. The van der Waals surface area contributed by atoms with Gasteiger partial charge in [-0.05, 0) is 58.7 Å². The maximum absolute atomic E-state index is 13.0. The van der Waals surface area contributed by atoms with Gasteiger partial charge in [-0.1, -0.05) is 89.9 Å². The van der Waals surface area contributed by atoms with Crippen molar-refractivity contribution in [2.45, 2.75) is 41.6 Å². The van der Waals surface area contributed by atoms with Crippen LogP contribution in [0, 0.1) is 0 Å². The first-order chi connectivity index (χ1) is 27.0. The van der Waals surface area contributed by atoms with Crippen molar-refractivity contribution in [3.8, 4) is 11.5 Å². The molecule has 4 atom stereocenters. The van der Waals surface area contributed by atoms with Crippen LogP contribution in [-0.2, 0) is 35.9 Å². The van der Waals surface area contributed by atoms with E-state index in [1.807, 2.05) is 78.9 Å². The van der Waals surface area contributed by atoms with Crippen LogP contribution in [0.4, 0.5) is 5.69 Å². The number of aliphatic hydroxyl groups is 1. The monoisotopic (exact) mass is 805 g/mol. The number of aliphatic hydroxyl groups excluding tert-OH is 1. The maximum atomic E-state index is 13.0. The molecule has 1 aliphatic rings. The number of nitrogens with one attached hydrogen (secondary N) is 1. The van der Waals surface area contributed by atoms with Crippen LogP contribution in [0.2, 0.25) is 0 Å². The molecule has 13 nitrogen and oxygen atoms in total. The minimum absolute atomic E-state index is 0.119. The number of nitrogens with zero attached hydrogens (tertiary/aromatic N) is 2. The third-order valence-corrected chi connectivity index (χ3v) is 9.90. The molecule has 0 bridgehead atoms. The number of aromatic amines is 1. The van der Waals surface area contributed by atoms with Crippen LogP contribution in [0.5, 0.6) is 11.5 Å². The van der Waals surface area contributed by atoms with Gasteiger partial charge in [-0.2, -0.15) is 0 Å². The fourth-order valence-corrected chi connectivity index (χ4v) is 6.84. The predicted octanol–water partition coefficient (Wildman–Crippen LogP) is 5.15. The van der Waals surface area contributed by atoms with Gasteiger partial charge in [-0.3, -0.25) is 19.1 Å². The molecule has 294 valence electrons. The summed E-state index contributed by atoms with van der Waals surface area (Å²) in [4.78, 5) is 39.5. The number of aromatic nitrogens is 2. The molecule has 1 aromatic heterocycles. The van der Waals surface area contributed by atoms with E-state index < -0.39 is 52.1 Å². The molecule has 0 aliphatic carbocycles. The second kappa shape index (κ2) is 18.3. The number of ether oxygens (including phenoxy) is 6. The Balaban J connectivity index is 1.26. The summed E-state index contributed by atoms with van der Waals surface area (Å²) >= 11 is 11.4. The Morgan fingerprint density at radius 3 is 2.02 bits per heavy atom. The van der Waals surface area contributed by atoms with E-state index in [-0.39, 0.29) is 20.0 Å². The topological polar surface area (TPSA) is 151 Å². The molecule has 4 aromatic carbocycles. The molecule has 0 unspecified atom stereocenters. The number of anilines is 1. The summed E-state index contributed by atoms with van der Waals surface area (Å²) in [6.45, 7) is -0.339. The van der Waals surface area contributed by atoms with Gasteiger partial charge in [0.2, 0.25) is 0 Å². The Labute approximate surface area is 332 Å². The van der Waals surface area contributed by atoms with E-state index in [4.69, 9.17) is 51.6 Å². The number of methoxy groups -OCH3 is 2. The largest absolute Gasteiger partial charge is 0.497 e. The molecule has 1 aliphatic heterocycles. The number of hydrogen-bond donors (Lipinski definition) is 2. The standard InChI is InChI=1S/C41H41Cl2N3O10/c1-45(38(49)37(42)43)30-15-9-26(10-16-30)23-53-25-54-36-35(48)33(56-39(36)46-22-21-34(47)44-40(46)50)24-55-41(27-7-5-4-6-8-27,28-11-17-31(51-2)18-12-28)29-13-19-32(52-3)20-14-29/h4-22,33,35-37,39,48H,23-25H2,1-3H3,(H,44,47,50)/t33-,35-,36-,39-/m1/s1. The Morgan fingerprint density at radius 2 is 1.46 bits per heavy atom. The lowest BCUT2D eigenvalue weighted by Gasteiger charge is -2.37. The number of H-pyrrole nitrogens is 1. The van der Waals surface area contributed by atoms with Crippen LogP contribution in [0.3, 0.4) is 0 Å². The van der Waals surface area contributed by atoms with Crippen molar-refractivity contribution in [2.24, 2.45) is 0 Å². The van der Waals surface area contributed by atoms with Gasteiger partial charge in [-0.15, -0.1) is 0 Å². The Kier molecular flexibility index (Phi) is 13.3. The van der Waals surface area contributed by atoms with Gasteiger partial charge >= 0.3 is 5.69 Å². The minimum atomic E-state index is -1.32. The maximum Gasteiger partial charge on any atom is 0.330 e. The quantitative estimate of drug-likeness (QED) is 0.0594. The summed E-state index contributed by atoms with van der Waals surface area (Å²) in [6, 6.07) is 32.8. The molecule has 2 heterocycles. The van der Waals surface area contributed by atoms with Gasteiger partial charge in [0.1, 0.15) is 42.2 Å². The van der Waals surface area contributed by atoms with Crippen molar-refractivity contribution >= 4 is 34.8 Å². The van der Waals surface area contributed by atoms with Gasteiger partial charge in [0, 0.05) is 25.0 Å². The molecule has 2 N–H and O–H groups in total. The molecule has 1 saturated heterocycles. The summed E-state index contributed by atoms with van der Waals surface area (Å²) in [5, 5.41) is 11.8. The fraction of sp³-hybridized carbons (Fsp3) is 0.293. The Hall–Kier alpha value is -4.99. The van der Waals surface area contributed by atoms with Crippen molar-refractivity contribution in [3.63, 3.8) is 0 Å². The number of carbonyl (C=O) groups excluding carboxylic acids is 1. The first-order valence-corrected chi connectivity index (χ1v) is 18.4. The van der Waals surface area contributed by atoms with Gasteiger partial charge in [0.25, 0.3) is 11.5 Å². The number of amides is 1. The fourth-order valence-electron chi connectivity index (χ4n) is 6.54. The summed E-state index contributed by atoms with van der Waals surface area (Å²) < 4.78 is 37.2. The number of benzene rings is 4. The lowest BCUT2D eigenvalue weighted by molar-refractivity contribution is -0.144. The molecule has 56 heavy (non-hydrogen) atoms. The van der Waals surface area contributed by atoms with E-state index in [0.717, 1.165) is 26.8 Å². The van der Waals surface area contributed by atoms with Crippen molar-refractivity contribution in [1.82, 2.24) is 9.55 Å². The van der Waals surface area contributed by atoms with E-state index in [1.165, 1.54) is 17.2 Å². The summed E-state index contributed by atoms with van der Waals surface area (Å²) in [6.07, 6.45) is -3.35. The van der Waals surface area contributed by atoms with Crippen molar-refractivity contribution in [1.29, 1.82) is 0 Å². The molecule has 0 saturated carbocycles. The SMILES string of the molecule is COc1ccc(C(OC[C@H]2O[C@@H](n3ccc(=O)[nH]c3=O)[C@H](OCOCc3ccc(N(C)C(=O)C(Cl)Cl)cc3)[C@@H]2O)(c2ccccc2)c2ccc(OC)cc2)cc1. The van der Waals surface area contributed by atoms with Gasteiger partial charge in [0.15, 0.2) is 11.1 Å². The zero-order chi connectivity index (χ0) is 39.8. The second-order valence-electron chi connectivity index (χ2n) is 12.9.